The van der Waals surface area contributed by atoms with E-state index in [0.717, 1.165) is 44.1 Å². The van der Waals surface area contributed by atoms with Crippen LogP contribution in [0, 0.1) is 5.82 Å². The molecule has 0 radical (unpaired) electrons. The molecule has 170 valence electrons. The van der Waals surface area contributed by atoms with Gasteiger partial charge in [-0.3, -0.25) is 14.8 Å². The van der Waals surface area contributed by atoms with Crippen LogP contribution >= 0.6 is 0 Å². The summed E-state index contributed by atoms with van der Waals surface area (Å²) in [5, 5.41) is 6.86. The van der Waals surface area contributed by atoms with Gasteiger partial charge in [0.1, 0.15) is 5.82 Å². The number of aliphatic imine (C=N–C) groups is 1. The summed E-state index contributed by atoms with van der Waals surface area (Å²) < 4.78 is 19.3. The van der Waals surface area contributed by atoms with Crippen molar-refractivity contribution in [2.45, 2.75) is 52.2 Å². The molecule has 1 aromatic carbocycles. The first-order valence-electron chi connectivity index (χ1n) is 11.2. The van der Waals surface area contributed by atoms with Gasteiger partial charge in [0.05, 0.1) is 19.3 Å². The molecule has 0 bridgehead atoms. The van der Waals surface area contributed by atoms with E-state index in [9.17, 15) is 4.39 Å². The van der Waals surface area contributed by atoms with Gasteiger partial charge in [0.15, 0.2) is 5.96 Å². The Labute approximate surface area is 181 Å². The summed E-state index contributed by atoms with van der Waals surface area (Å²) in [7, 11) is 1.79. The molecule has 6 nitrogen and oxygen atoms in total. The van der Waals surface area contributed by atoms with Gasteiger partial charge in [0.2, 0.25) is 0 Å². The Morgan fingerprint density at radius 1 is 1.17 bits per heavy atom. The minimum atomic E-state index is -0.201. The Bertz CT molecular complexity index is 638. The minimum absolute atomic E-state index is 0.0699. The van der Waals surface area contributed by atoms with Crippen molar-refractivity contribution in [1.29, 1.82) is 0 Å². The number of halogens is 1. The quantitative estimate of drug-likeness (QED) is 0.346. The van der Waals surface area contributed by atoms with E-state index >= 15 is 0 Å². The average molecular weight is 422 g/mol. The maximum atomic E-state index is 13.8. The number of nitrogens with zero attached hydrogens (tertiary/aromatic N) is 3. The molecule has 1 aliphatic rings. The van der Waals surface area contributed by atoms with Crippen LogP contribution in [0.1, 0.15) is 45.7 Å². The maximum Gasteiger partial charge on any atom is 0.191 e. The largest absolute Gasteiger partial charge is 0.379 e. The van der Waals surface area contributed by atoms with Gasteiger partial charge in [0.25, 0.3) is 0 Å². The van der Waals surface area contributed by atoms with Gasteiger partial charge in [-0.15, -0.1) is 0 Å². The van der Waals surface area contributed by atoms with Crippen LogP contribution in [0.15, 0.2) is 29.3 Å². The van der Waals surface area contributed by atoms with Crippen molar-refractivity contribution < 1.29 is 9.13 Å². The summed E-state index contributed by atoms with van der Waals surface area (Å²) in [5.74, 6) is 0.582. The molecule has 1 unspecified atom stereocenters. The van der Waals surface area contributed by atoms with Gasteiger partial charge in [-0.25, -0.2) is 4.39 Å². The number of guanidine groups is 1. The fourth-order valence-electron chi connectivity index (χ4n) is 4.06. The molecular formula is C23H40FN5O. The van der Waals surface area contributed by atoms with Crippen LogP contribution in [0.3, 0.4) is 0 Å². The Hall–Kier alpha value is -1.70. The molecule has 1 heterocycles. The number of morpholine rings is 1. The van der Waals surface area contributed by atoms with Gasteiger partial charge >= 0.3 is 0 Å². The Morgan fingerprint density at radius 2 is 1.87 bits per heavy atom. The molecule has 7 heteroatoms. The Balaban J connectivity index is 1.89. The van der Waals surface area contributed by atoms with Crippen molar-refractivity contribution >= 4 is 5.96 Å². The molecule has 1 aromatic rings. The number of benzene rings is 1. The number of hydrogen-bond acceptors (Lipinski definition) is 4. The normalized spacial score (nSPS) is 17.0. The van der Waals surface area contributed by atoms with Gasteiger partial charge in [-0.2, -0.15) is 0 Å². The highest BCUT2D eigenvalue weighted by molar-refractivity contribution is 5.79. The summed E-state index contributed by atoms with van der Waals surface area (Å²) in [6, 6.07) is 8.05. The second-order valence-electron chi connectivity index (χ2n) is 8.38. The summed E-state index contributed by atoms with van der Waals surface area (Å²) in [6.45, 7) is 14.6. The predicted molar refractivity (Wildman–Crippen MR) is 122 cm³/mol. The summed E-state index contributed by atoms with van der Waals surface area (Å²) in [5.41, 5.74) is 0.976. The average Bonchev–Trinajstić information content (AvgIpc) is 2.72. The zero-order valence-electron chi connectivity index (χ0n) is 19.3. The molecule has 2 rings (SSSR count). The minimum Gasteiger partial charge on any atom is -0.379 e. The topological polar surface area (TPSA) is 52.1 Å². The van der Waals surface area contributed by atoms with E-state index in [0.29, 0.717) is 31.8 Å². The van der Waals surface area contributed by atoms with Crippen LogP contribution in [-0.2, 0) is 4.74 Å². The molecule has 1 aliphatic heterocycles. The van der Waals surface area contributed by atoms with Crippen LogP contribution in [0.2, 0.25) is 0 Å². The first-order chi connectivity index (χ1) is 14.4. The summed E-state index contributed by atoms with van der Waals surface area (Å²) in [6.07, 6.45) is 1.05. The third-order valence-corrected chi connectivity index (χ3v) is 5.62. The van der Waals surface area contributed by atoms with Crippen LogP contribution in [-0.4, -0.2) is 80.8 Å². The number of ether oxygens (including phenoxy) is 1. The fourth-order valence-corrected chi connectivity index (χ4v) is 4.06. The fraction of sp³-hybridized carbons (Fsp3) is 0.696. The van der Waals surface area contributed by atoms with Gasteiger partial charge < -0.3 is 15.4 Å². The third-order valence-electron chi connectivity index (χ3n) is 5.62. The van der Waals surface area contributed by atoms with E-state index in [2.05, 4.69) is 53.1 Å². The van der Waals surface area contributed by atoms with E-state index in [1.54, 1.807) is 19.2 Å². The SMILES string of the molecule is CN=C(NCCCN(C(C)C)C(C)C)NCC(c1cccc(F)c1)N1CCOCC1. The van der Waals surface area contributed by atoms with Crippen LogP contribution in [0.5, 0.6) is 0 Å². The van der Waals surface area contributed by atoms with Crippen LogP contribution in [0.25, 0.3) is 0 Å². The van der Waals surface area contributed by atoms with Crippen LogP contribution < -0.4 is 10.6 Å². The molecule has 0 aliphatic carbocycles. The zero-order valence-corrected chi connectivity index (χ0v) is 19.3. The van der Waals surface area contributed by atoms with E-state index < -0.39 is 0 Å². The lowest BCUT2D eigenvalue weighted by Gasteiger charge is -2.35. The second kappa shape index (κ2) is 12.9. The number of nitrogens with one attached hydrogen (secondary N) is 2. The second-order valence-corrected chi connectivity index (χ2v) is 8.38. The van der Waals surface area contributed by atoms with Crippen molar-refractivity contribution in [1.82, 2.24) is 20.4 Å². The standard InChI is InChI=1S/C23H40FN5O/c1-18(2)29(19(3)4)11-7-10-26-23(25-5)27-17-22(28-12-14-30-15-13-28)20-8-6-9-21(24)16-20/h6,8-9,16,18-19,22H,7,10-15,17H2,1-5H3,(H2,25,26,27). The van der Waals surface area contributed by atoms with Crippen molar-refractivity contribution in [2.75, 3.05) is 53.0 Å². The van der Waals surface area contributed by atoms with Crippen molar-refractivity contribution in [2.24, 2.45) is 4.99 Å². The molecule has 1 atom stereocenters. The summed E-state index contributed by atoms with van der Waals surface area (Å²) >= 11 is 0. The van der Waals surface area contributed by atoms with E-state index in [1.807, 2.05) is 6.07 Å². The third kappa shape index (κ3) is 7.85. The molecular weight excluding hydrogens is 381 g/mol. The maximum absolute atomic E-state index is 13.8. The Morgan fingerprint density at radius 3 is 2.47 bits per heavy atom. The number of hydrogen-bond donors (Lipinski definition) is 2. The van der Waals surface area contributed by atoms with Crippen molar-refractivity contribution in [3.05, 3.63) is 35.6 Å². The molecule has 1 fully saturated rings. The van der Waals surface area contributed by atoms with E-state index in [1.165, 1.54) is 6.07 Å². The van der Waals surface area contributed by atoms with Gasteiger partial charge in [-0.1, -0.05) is 12.1 Å². The van der Waals surface area contributed by atoms with E-state index in [4.69, 9.17) is 4.74 Å². The predicted octanol–water partition coefficient (Wildman–Crippen LogP) is 2.87. The molecule has 1 saturated heterocycles. The monoisotopic (exact) mass is 421 g/mol. The van der Waals surface area contributed by atoms with Crippen LogP contribution in [0.4, 0.5) is 4.39 Å². The van der Waals surface area contributed by atoms with E-state index in [-0.39, 0.29) is 11.9 Å². The molecule has 0 amide bonds. The number of rotatable bonds is 10. The van der Waals surface area contributed by atoms with Crippen molar-refractivity contribution in [3.63, 3.8) is 0 Å². The van der Waals surface area contributed by atoms with Gasteiger partial charge in [-0.05, 0) is 51.8 Å². The van der Waals surface area contributed by atoms with Gasteiger partial charge in [0, 0.05) is 51.9 Å². The zero-order chi connectivity index (χ0) is 21.9. The Kier molecular flexibility index (Phi) is 10.5. The molecule has 0 aromatic heterocycles. The molecule has 0 spiro atoms. The summed E-state index contributed by atoms with van der Waals surface area (Å²) in [4.78, 5) is 9.21. The highest BCUT2D eigenvalue weighted by Crippen LogP contribution is 2.22. The highest BCUT2D eigenvalue weighted by Gasteiger charge is 2.23. The molecule has 30 heavy (non-hydrogen) atoms. The first kappa shape index (κ1) is 24.6. The smallest absolute Gasteiger partial charge is 0.191 e. The lowest BCUT2D eigenvalue weighted by atomic mass is 10.0. The first-order valence-corrected chi connectivity index (χ1v) is 11.2. The lowest BCUT2D eigenvalue weighted by molar-refractivity contribution is 0.0169. The highest BCUT2D eigenvalue weighted by atomic mass is 19.1. The molecule has 0 saturated carbocycles. The van der Waals surface area contributed by atoms with Crippen molar-refractivity contribution in [3.8, 4) is 0 Å². The lowest BCUT2D eigenvalue weighted by Crippen LogP contribution is -2.46. The molecule has 2 N–H and O–H groups in total.